The summed E-state index contributed by atoms with van der Waals surface area (Å²) in [5.74, 6) is -0.202. The Labute approximate surface area is 193 Å². The molecule has 0 atom stereocenters. The minimum atomic E-state index is -3.66. The number of amides is 1. The molecule has 1 aromatic heterocycles. The second-order valence-corrected chi connectivity index (χ2v) is 11.2. The normalized spacial score (nSPS) is 18.3. The lowest BCUT2D eigenvalue weighted by Gasteiger charge is -2.28. The van der Waals surface area contributed by atoms with Gasteiger partial charge in [-0.05, 0) is 38.0 Å². The van der Waals surface area contributed by atoms with Gasteiger partial charge in [0.15, 0.2) is 0 Å². The molecule has 0 saturated carbocycles. The van der Waals surface area contributed by atoms with Crippen molar-refractivity contribution in [2.75, 3.05) is 49.6 Å². The molecule has 0 bridgehead atoms. The SMILES string of the molecule is Cc1nc(CC(=O)Nc2cc(S(=O)(=O)N3CCOCC3)ccc2N2CCCCCC2)cs1. The summed E-state index contributed by atoms with van der Waals surface area (Å²) in [6.45, 7) is 5.14. The second kappa shape index (κ2) is 10.3. The van der Waals surface area contributed by atoms with Crippen LogP contribution in [0.5, 0.6) is 0 Å². The van der Waals surface area contributed by atoms with Crippen LogP contribution in [0.4, 0.5) is 11.4 Å². The molecule has 0 aliphatic carbocycles. The highest BCUT2D eigenvalue weighted by molar-refractivity contribution is 7.89. The number of ether oxygens (including phenoxy) is 1. The number of hydrogen-bond donors (Lipinski definition) is 1. The quantitative estimate of drug-likeness (QED) is 0.686. The van der Waals surface area contributed by atoms with E-state index in [0.29, 0.717) is 32.0 Å². The van der Waals surface area contributed by atoms with Crippen LogP contribution in [0.1, 0.15) is 36.4 Å². The number of rotatable bonds is 6. The lowest BCUT2D eigenvalue weighted by Crippen LogP contribution is -2.40. The van der Waals surface area contributed by atoms with Crippen LogP contribution in [0.15, 0.2) is 28.5 Å². The number of nitrogens with one attached hydrogen (secondary N) is 1. The number of morpholine rings is 1. The predicted molar refractivity (Wildman–Crippen MR) is 126 cm³/mol. The van der Waals surface area contributed by atoms with E-state index in [2.05, 4.69) is 15.2 Å². The average molecular weight is 479 g/mol. The maximum atomic E-state index is 13.2. The molecular weight excluding hydrogens is 448 g/mol. The number of hydrogen-bond acceptors (Lipinski definition) is 7. The molecule has 2 fully saturated rings. The molecule has 8 nitrogen and oxygen atoms in total. The number of benzene rings is 1. The Kier molecular flexibility index (Phi) is 7.44. The van der Waals surface area contributed by atoms with E-state index in [4.69, 9.17) is 4.74 Å². The van der Waals surface area contributed by atoms with Crippen molar-refractivity contribution < 1.29 is 17.9 Å². The third-order valence-electron chi connectivity index (χ3n) is 5.80. The van der Waals surface area contributed by atoms with Gasteiger partial charge in [-0.3, -0.25) is 4.79 Å². The first-order chi connectivity index (χ1) is 15.4. The molecule has 32 heavy (non-hydrogen) atoms. The monoisotopic (exact) mass is 478 g/mol. The van der Waals surface area contributed by atoms with Crippen molar-refractivity contribution in [1.82, 2.24) is 9.29 Å². The van der Waals surface area contributed by atoms with Gasteiger partial charge in [0, 0.05) is 31.6 Å². The number of thiazole rings is 1. The number of aromatic nitrogens is 1. The summed E-state index contributed by atoms with van der Waals surface area (Å²) in [5, 5.41) is 5.77. The number of aryl methyl sites for hydroxylation is 1. The summed E-state index contributed by atoms with van der Waals surface area (Å²) in [4.78, 5) is 19.6. The van der Waals surface area contributed by atoms with Crippen molar-refractivity contribution in [3.8, 4) is 0 Å². The third kappa shape index (κ3) is 5.48. The fourth-order valence-electron chi connectivity index (χ4n) is 4.15. The number of carbonyl (C=O) groups is 1. The molecule has 2 aliphatic heterocycles. The zero-order chi connectivity index (χ0) is 22.6. The van der Waals surface area contributed by atoms with E-state index in [1.54, 1.807) is 12.1 Å². The molecule has 2 aliphatic rings. The first-order valence-electron chi connectivity index (χ1n) is 11.1. The van der Waals surface area contributed by atoms with Crippen LogP contribution in [0, 0.1) is 6.92 Å². The molecule has 2 saturated heterocycles. The van der Waals surface area contributed by atoms with Crippen molar-refractivity contribution in [3.63, 3.8) is 0 Å². The molecule has 0 unspecified atom stereocenters. The maximum Gasteiger partial charge on any atom is 0.243 e. The number of sulfonamides is 1. The minimum absolute atomic E-state index is 0.157. The van der Waals surface area contributed by atoms with Gasteiger partial charge in [-0.1, -0.05) is 12.8 Å². The van der Waals surface area contributed by atoms with E-state index in [1.165, 1.54) is 28.5 Å². The average Bonchev–Trinajstić information content (AvgIpc) is 3.01. The van der Waals surface area contributed by atoms with Crippen LogP contribution in [0.2, 0.25) is 0 Å². The van der Waals surface area contributed by atoms with Crippen LogP contribution in [0.3, 0.4) is 0 Å². The summed E-state index contributed by atoms with van der Waals surface area (Å²) in [6.07, 6.45) is 4.69. The number of anilines is 2. The highest BCUT2D eigenvalue weighted by atomic mass is 32.2. The summed E-state index contributed by atoms with van der Waals surface area (Å²) in [7, 11) is -3.66. The molecule has 10 heteroatoms. The molecule has 3 heterocycles. The Bertz CT molecular complexity index is 1040. The molecule has 1 aromatic carbocycles. The van der Waals surface area contributed by atoms with Crippen molar-refractivity contribution in [2.24, 2.45) is 0 Å². The Hall–Kier alpha value is -2.01. The lowest BCUT2D eigenvalue weighted by molar-refractivity contribution is -0.115. The van der Waals surface area contributed by atoms with Crippen LogP contribution >= 0.6 is 11.3 Å². The van der Waals surface area contributed by atoms with Crippen LogP contribution < -0.4 is 10.2 Å². The fourth-order valence-corrected chi connectivity index (χ4v) is 6.19. The summed E-state index contributed by atoms with van der Waals surface area (Å²) >= 11 is 1.51. The lowest BCUT2D eigenvalue weighted by atomic mass is 10.2. The first-order valence-corrected chi connectivity index (χ1v) is 13.4. The topological polar surface area (TPSA) is 91.8 Å². The fraction of sp³-hybridized carbons (Fsp3) is 0.545. The van der Waals surface area contributed by atoms with Crippen LogP contribution in [-0.4, -0.2) is 63.0 Å². The Morgan fingerprint density at radius 1 is 1.12 bits per heavy atom. The molecule has 4 rings (SSSR count). The van der Waals surface area contributed by atoms with E-state index in [-0.39, 0.29) is 17.2 Å². The Morgan fingerprint density at radius 2 is 1.84 bits per heavy atom. The van der Waals surface area contributed by atoms with Crippen LogP contribution in [-0.2, 0) is 26.0 Å². The Morgan fingerprint density at radius 3 is 2.50 bits per heavy atom. The minimum Gasteiger partial charge on any atom is -0.379 e. The highest BCUT2D eigenvalue weighted by Crippen LogP contribution is 2.32. The molecule has 174 valence electrons. The molecule has 1 amide bonds. The van der Waals surface area contributed by atoms with Gasteiger partial charge in [-0.2, -0.15) is 4.31 Å². The summed E-state index contributed by atoms with van der Waals surface area (Å²) in [6, 6.07) is 5.10. The smallest absolute Gasteiger partial charge is 0.243 e. The van der Waals surface area contributed by atoms with Gasteiger partial charge in [0.25, 0.3) is 0 Å². The van der Waals surface area contributed by atoms with Crippen molar-refractivity contribution in [1.29, 1.82) is 0 Å². The van der Waals surface area contributed by atoms with Gasteiger partial charge in [-0.15, -0.1) is 11.3 Å². The van der Waals surface area contributed by atoms with E-state index >= 15 is 0 Å². The van der Waals surface area contributed by atoms with Crippen molar-refractivity contribution in [2.45, 2.75) is 43.9 Å². The maximum absolute atomic E-state index is 13.2. The first kappa shape index (κ1) is 23.2. The third-order valence-corrected chi connectivity index (χ3v) is 8.52. The highest BCUT2D eigenvalue weighted by Gasteiger charge is 2.28. The van der Waals surface area contributed by atoms with E-state index < -0.39 is 10.0 Å². The standard InChI is InChI=1S/C22H30N4O4S2/c1-17-23-18(16-31-17)14-22(27)24-20-15-19(32(28,29)26-10-12-30-13-11-26)6-7-21(20)25-8-4-2-3-5-9-25/h6-7,15-16H,2-5,8-14H2,1H3,(H,24,27). The van der Waals surface area contributed by atoms with E-state index in [9.17, 15) is 13.2 Å². The van der Waals surface area contributed by atoms with Gasteiger partial charge >= 0.3 is 0 Å². The van der Waals surface area contributed by atoms with Crippen molar-refractivity contribution >= 4 is 38.6 Å². The molecule has 0 radical (unpaired) electrons. The second-order valence-electron chi connectivity index (χ2n) is 8.18. The number of nitrogens with zero attached hydrogens (tertiary/aromatic N) is 3. The Balaban J connectivity index is 1.63. The largest absolute Gasteiger partial charge is 0.379 e. The summed E-state index contributed by atoms with van der Waals surface area (Å²) < 4.78 is 33.1. The van der Waals surface area contributed by atoms with Gasteiger partial charge < -0.3 is 15.0 Å². The van der Waals surface area contributed by atoms with Crippen molar-refractivity contribution in [3.05, 3.63) is 34.3 Å². The van der Waals surface area contributed by atoms with Gasteiger partial charge in [-0.25, -0.2) is 13.4 Å². The zero-order valence-electron chi connectivity index (χ0n) is 18.4. The zero-order valence-corrected chi connectivity index (χ0v) is 20.0. The molecule has 0 spiro atoms. The van der Waals surface area contributed by atoms with Gasteiger partial charge in [0.05, 0.1) is 46.6 Å². The molecule has 2 aromatic rings. The van der Waals surface area contributed by atoms with E-state index in [1.807, 2.05) is 18.4 Å². The van der Waals surface area contributed by atoms with Crippen LogP contribution in [0.25, 0.3) is 0 Å². The molecular formula is C22H30N4O4S2. The summed E-state index contributed by atoms with van der Waals surface area (Å²) in [5.41, 5.74) is 2.13. The van der Waals surface area contributed by atoms with E-state index in [0.717, 1.165) is 42.3 Å². The van der Waals surface area contributed by atoms with Gasteiger partial charge in [0.1, 0.15) is 0 Å². The number of carbonyl (C=O) groups excluding carboxylic acids is 1. The molecule has 1 N–H and O–H groups in total. The predicted octanol–water partition coefficient (Wildman–Crippen LogP) is 3.03. The van der Waals surface area contributed by atoms with Gasteiger partial charge in [0.2, 0.25) is 15.9 Å².